The summed E-state index contributed by atoms with van der Waals surface area (Å²) in [5.41, 5.74) is 2.54. The molecule has 0 aliphatic rings. The van der Waals surface area contributed by atoms with Crippen molar-refractivity contribution in [2.75, 3.05) is 0 Å². The summed E-state index contributed by atoms with van der Waals surface area (Å²) in [5.74, 6) is 0. The van der Waals surface area contributed by atoms with Crippen LogP contribution in [-0.4, -0.2) is 13.1 Å². The molecule has 0 saturated carbocycles. The lowest BCUT2D eigenvalue weighted by Crippen LogP contribution is -2.39. The summed E-state index contributed by atoms with van der Waals surface area (Å²) in [6, 6.07) is 14.8. The highest BCUT2D eigenvalue weighted by molar-refractivity contribution is 6.88. The van der Waals surface area contributed by atoms with E-state index < -0.39 is 8.07 Å². The van der Waals surface area contributed by atoms with Crippen molar-refractivity contribution in [1.29, 1.82) is 0 Å². The van der Waals surface area contributed by atoms with Crippen LogP contribution in [0.1, 0.15) is 0 Å². The van der Waals surface area contributed by atoms with Crippen LogP contribution >= 0.6 is 0 Å². The maximum absolute atomic E-state index is 4.50. The molecule has 0 unspecified atom stereocenters. The molecule has 16 heavy (non-hydrogen) atoms. The van der Waals surface area contributed by atoms with Gasteiger partial charge >= 0.3 is 0 Å². The summed E-state index contributed by atoms with van der Waals surface area (Å²) >= 11 is 0. The largest absolute Gasteiger partial charge is 0.266 e. The van der Waals surface area contributed by atoms with Gasteiger partial charge in [0, 0.05) is 11.5 Å². The Morgan fingerprint density at radius 3 is 2.19 bits per heavy atom. The number of rotatable bonds is 2. The molecule has 2 rings (SSSR count). The molecule has 1 aromatic carbocycles. The van der Waals surface area contributed by atoms with Crippen molar-refractivity contribution in [3.63, 3.8) is 0 Å². The highest BCUT2D eigenvalue weighted by Crippen LogP contribution is 2.17. The van der Waals surface area contributed by atoms with E-state index in [0.29, 0.717) is 0 Å². The van der Waals surface area contributed by atoms with Crippen molar-refractivity contribution >= 4 is 13.4 Å². The average Bonchev–Trinajstić information content (AvgIpc) is 2.29. The lowest BCUT2D eigenvalue weighted by atomic mass is 10.1. The SMILES string of the molecule is C[Si](C)(C)c1cc(-c2ccccc2)ccn1. The molecule has 0 aliphatic carbocycles. The molecular weight excluding hydrogens is 210 g/mol. The molecular formula is C14H17NSi. The van der Waals surface area contributed by atoms with Gasteiger partial charge in [0.15, 0.2) is 0 Å². The number of nitrogens with zero attached hydrogens (tertiary/aromatic N) is 1. The second-order valence-corrected chi connectivity index (χ2v) is 10.1. The van der Waals surface area contributed by atoms with E-state index in [9.17, 15) is 0 Å². The van der Waals surface area contributed by atoms with Crippen LogP contribution in [-0.2, 0) is 0 Å². The van der Waals surface area contributed by atoms with Gasteiger partial charge in [-0.15, -0.1) is 0 Å². The summed E-state index contributed by atoms with van der Waals surface area (Å²) in [6.07, 6.45) is 1.93. The lowest BCUT2D eigenvalue weighted by Gasteiger charge is -2.15. The third-order valence-corrected chi connectivity index (χ3v) is 4.45. The normalized spacial score (nSPS) is 11.4. The van der Waals surface area contributed by atoms with Crippen molar-refractivity contribution in [3.8, 4) is 11.1 Å². The number of benzene rings is 1. The first-order valence-corrected chi connectivity index (χ1v) is 9.09. The summed E-state index contributed by atoms with van der Waals surface area (Å²) in [7, 11) is -1.31. The Balaban J connectivity index is 2.45. The van der Waals surface area contributed by atoms with Crippen LogP contribution in [0.25, 0.3) is 11.1 Å². The Labute approximate surface area is 98.2 Å². The second-order valence-electron chi connectivity index (χ2n) is 5.05. The summed E-state index contributed by atoms with van der Waals surface area (Å²) in [5, 5.41) is 1.27. The quantitative estimate of drug-likeness (QED) is 0.717. The van der Waals surface area contributed by atoms with Crippen LogP contribution in [0.4, 0.5) is 0 Å². The first kappa shape index (κ1) is 11.1. The summed E-state index contributed by atoms with van der Waals surface area (Å²) in [6.45, 7) is 6.97. The van der Waals surface area contributed by atoms with Gasteiger partial charge < -0.3 is 0 Å². The number of aromatic nitrogens is 1. The number of hydrogen-bond acceptors (Lipinski definition) is 1. The van der Waals surface area contributed by atoms with Crippen molar-refractivity contribution in [2.24, 2.45) is 0 Å². The van der Waals surface area contributed by atoms with Crippen LogP contribution in [0, 0.1) is 0 Å². The maximum Gasteiger partial charge on any atom is 0.101 e. The Hall–Kier alpha value is -1.41. The molecule has 0 fully saturated rings. The zero-order valence-electron chi connectivity index (χ0n) is 10.1. The fraction of sp³-hybridized carbons (Fsp3) is 0.214. The third kappa shape index (κ3) is 2.39. The van der Waals surface area contributed by atoms with Crippen LogP contribution < -0.4 is 5.32 Å². The number of pyridine rings is 1. The molecule has 1 heterocycles. The van der Waals surface area contributed by atoms with Gasteiger partial charge in [0.25, 0.3) is 0 Å². The van der Waals surface area contributed by atoms with E-state index in [0.717, 1.165) is 0 Å². The van der Waals surface area contributed by atoms with Crippen molar-refractivity contribution in [2.45, 2.75) is 19.6 Å². The monoisotopic (exact) mass is 227 g/mol. The Kier molecular flexibility index (Phi) is 2.92. The molecule has 0 radical (unpaired) electrons. The van der Waals surface area contributed by atoms with Crippen molar-refractivity contribution in [3.05, 3.63) is 48.7 Å². The Morgan fingerprint density at radius 2 is 1.56 bits per heavy atom. The minimum absolute atomic E-state index is 1.27. The van der Waals surface area contributed by atoms with Gasteiger partial charge in [0.05, 0.1) is 0 Å². The molecule has 2 heteroatoms. The molecule has 0 atom stereocenters. The molecule has 0 N–H and O–H groups in total. The maximum atomic E-state index is 4.50. The molecule has 1 aromatic heterocycles. The van der Waals surface area contributed by atoms with E-state index in [4.69, 9.17) is 0 Å². The van der Waals surface area contributed by atoms with E-state index >= 15 is 0 Å². The van der Waals surface area contributed by atoms with Gasteiger partial charge in [0.1, 0.15) is 8.07 Å². The smallest absolute Gasteiger partial charge is 0.101 e. The van der Waals surface area contributed by atoms with Gasteiger partial charge in [0.2, 0.25) is 0 Å². The molecule has 0 spiro atoms. The standard InChI is InChI=1S/C14H17NSi/c1-16(2,3)14-11-13(9-10-15-14)12-7-5-4-6-8-12/h4-11H,1-3H3. The summed E-state index contributed by atoms with van der Waals surface area (Å²) < 4.78 is 0. The van der Waals surface area contributed by atoms with E-state index in [1.165, 1.54) is 16.4 Å². The predicted molar refractivity (Wildman–Crippen MR) is 72.7 cm³/mol. The van der Waals surface area contributed by atoms with Crippen LogP contribution in [0.5, 0.6) is 0 Å². The highest BCUT2D eigenvalue weighted by atomic mass is 28.3. The van der Waals surface area contributed by atoms with Crippen LogP contribution in [0.3, 0.4) is 0 Å². The van der Waals surface area contributed by atoms with Crippen LogP contribution in [0.2, 0.25) is 19.6 Å². The van der Waals surface area contributed by atoms with Gasteiger partial charge in [-0.2, -0.15) is 0 Å². The lowest BCUT2D eigenvalue weighted by molar-refractivity contribution is 1.36. The molecule has 0 saturated heterocycles. The fourth-order valence-electron chi connectivity index (χ4n) is 1.65. The van der Waals surface area contributed by atoms with Gasteiger partial charge in [-0.25, -0.2) is 0 Å². The minimum atomic E-state index is -1.31. The van der Waals surface area contributed by atoms with Gasteiger partial charge in [-0.1, -0.05) is 50.0 Å². The number of hydrogen-bond donors (Lipinski definition) is 0. The Bertz CT molecular complexity index is 472. The van der Waals surface area contributed by atoms with Crippen molar-refractivity contribution in [1.82, 2.24) is 4.98 Å². The van der Waals surface area contributed by atoms with Gasteiger partial charge in [-0.3, -0.25) is 4.98 Å². The first-order valence-electron chi connectivity index (χ1n) is 5.59. The van der Waals surface area contributed by atoms with E-state index in [-0.39, 0.29) is 0 Å². The molecule has 0 bridgehead atoms. The molecule has 2 aromatic rings. The summed E-state index contributed by atoms with van der Waals surface area (Å²) in [4.78, 5) is 4.50. The molecule has 0 aliphatic heterocycles. The fourth-order valence-corrected chi connectivity index (χ4v) is 2.70. The zero-order chi connectivity index (χ0) is 11.6. The first-order chi connectivity index (χ1) is 7.57. The predicted octanol–water partition coefficient (Wildman–Crippen LogP) is 3.29. The van der Waals surface area contributed by atoms with Crippen LogP contribution in [0.15, 0.2) is 48.7 Å². The Morgan fingerprint density at radius 1 is 0.875 bits per heavy atom. The third-order valence-electron chi connectivity index (χ3n) is 2.64. The van der Waals surface area contributed by atoms with Crippen molar-refractivity contribution < 1.29 is 0 Å². The van der Waals surface area contributed by atoms with Gasteiger partial charge in [-0.05, 0) is 23.3 Å². The van der Waals surface area contributed by atoms with E-state index in [1.807, 2.05) is 12.3 Å². The zero-order valence-corrected chi connectivity index (χ0v) is 11.1. The highest BCUT2D eigenvalue weighted by Gasteiger charge is 2.18. The van der Waals surface area contributed by atoms with E-state index in [1.54, 1.807) is 0 Å². The molecule has 1 nitrogen and oxygen atoms in total. The second kappa shape index (κ2) is 4.22. The van der Waals surface area contributed by atoms with E-state index in [2.05, 4.69) is 61.0 Å². The molecule has 0 amide bonds. The molecule has 82 valence electrons. The minimum Gasteiger partial charge on any atom is -0.266 e. The average molecular weight is 227 g/mol. The topological polar surface area (TPSA) is 12.9 Å².